The fourth-order valence-corrected chi connectivity index (χ4v) is 3.06. The molecule has 0 unspecified atom stereocenters. The van der Waals surface area contributed by atoms with Crippen molar-refractivity contribution in [1.29, 1.82) is 0 Å². The monoisotopic (exact) mass is 490 g/mol. The Bertz CT molecular complexity index is 679. The number of hydrogen-bond donors (Lipinski definition) is 2. The molecule has 0 aliphatic rings. The molecule has 2 aromatic rings. The molecule has 0 aliphatic carbocycles. The van der Waals surface area contributed by atoms with Gasteiger partial charge in [0.05, 0.1) is 25.3 Å². The topological polar surface area (TPSA) is 67.8 Å². The van der Waals surface area contributed by atoms with Crippen LogP contribution in [0.4, 0.5) is 0 Å². The molecule has 26 heavy (non-hydrogen) atoms. The van der Waals surface area contributed by atoms with Crippen LogP contribution in [0.25, 0.3) is 0 Å². The SMILES string of the molecule is CN=C(NCCOCc1ccccc1OC)NCCc1ncc(C)s1.I. The Balaban J connectivity index is 0.00000338. The van der Waals surface area contributed by atoms with E-state index in [1.54, 1.807) is 25.5 Å². The van der Waals surface area contributed by atoms with Crippen LogP contribution in [-0.4, -0.2) is 44.8 Å². The van der Waals surface area contributed by atoms with E-state index in [2.05, 4.69) is 27.5 Å². The minimum absolute atomic E-state index is 0. The van der Waals surface area contributed by atoms with Gasteiger partial charge < -0.3 is 20.1 Å². The second-order valence-electron chi connectivity index (χ2n) is 5.40. The maximum absolute atomic E-state index is 5.70. The molecule has 1 aromatic carbocycles. The van der Waals surface area contributed by atoms with Crippen LogP contribution in [0.3, 0.4) is 0 Å². The summed E-state index contributed by atoms with van der Waals surface area (Å²) in [7, 11) is 3.43. The molecule has 0 atom stereocenters. The molecule has 1 aromatic heterocycles. The number of hydrogen-bond acceptors (Lipinski definition) is 5. The van der Waals surface area contributed by atoms with Crippen molar-refractivity contribution in [3.05, 3.63) is 45.9 Å². The Morgan fingerprint density at radius 2 is 2.00 bits per heavy atom. The fourth-order valence-electron chi connectivity index (χ4n) is 2.27. The van der Waals surface area contributed by atoms with Gasteiger partial charge in [-0.1, -0.05) is 18.2 Å². The summed E-state index contributed by atoms with van der Waals surface area (Å²) < 4.78 is 11.0. The first-order valence-electron chi connectivity index (χ1n) is 8.28. The van der Waals surface area contributed by atoms with E-state index in [1.165, 1.54) is 4.88 Å². The number of aryl methyl sites for hydroxylation is 1. The van der Waals surface area contributed by atoms with E-state index in [9.17, 15) is 0 Å². The quantitative estimate of drug-likeness (QED) is 0.245. The van der Waals surface area contributed by atoms with Gasteiger partial charge in [-0.25, -0.2) is 4.98 Å². The lowest BCUT2D eigenvalue weighted by molar-refractivity contribution is 0.123. The van der Waals surface area contributed by atoms with Crippen molar-refractivity contribution < 1.29 is 9.47 Å². The Hall–Kier alpha value is -1.39. The molecule has 0 aliphatic heterocycles. The molecule has 2 rings (SSSR count). The van der Waals surface area contributed by atoms with Crippen LogP contribution in [-0.2, 0) is 17.8 Å². The first-order chi connectivity index (χ1) is 12.2. The number of thiazole rings is 1. The normalized spacial score (nSPS) is 11.0. The van der Waals surface area contributed by atoms with Gasteiger partial charge >= 0.3 is 0 Å². The summed E-state index contributed by atoms with van der Waals surface area (Å²) in [5.41, 5.74) is 1.05. The van der Waals surface area contributed by atoms with Gasteiger partial charge in [0, 0.05) is 43.2 Å². The lowest BCUT2D eigenvalue weighted by Gasteiger charge is -2.12. The van der Waals surface area contributed by atoms with Crippen molar-refractivity contribution in [2.75, 3.05) is 33.9 Å². The summed E-state index contributed by atoms with van der Waals surface area (Å²) in [5, 5.41) is 7.66. The minimum atomic E-state index is 0. The van der Waals surface area contributed by atoms with E-state index in [0.29, 0.717) is 19.8 Å². The van der Waals surface area contributed by atoms with Crippen LogP contribution in [0, 0.1) is 6.92 Å². The lowest BCUT2D eigenvalue weighted by atomic mass is 10.2. The third-order valence-corrected chi connectivity index (χ3v) is 4.49. The number of nitrogens with one attached hydrogen (secondary N) is 2. The average Bonchev–Trinajstić information content (AvgIpc) is 3.05. The molecular weight excluding hydrogens is 463 g/mol. The summed E-state index contributed by atoms with van der Waals surface area (Å²) in [6.45, 7) is 4.67. The number of aromatic nitrogens is 1. The van der Waals surface area contributed by atoms with Crippen molar-refractivity contribution >= 4 is 41.3 Å². The molecule has 0 saturated carbocycles. The second kappa shape index (κ2) is 12.9. The van der Waals surface area contributed by atoms with Gasteiger partial charge in [-0.3, -0.25) is 4.99 Å². The summed E-state index contributed by atoms with van der Waals surface area (Å²) in [6.07, 6.45) is 2.80. The standard InChI is InChI=1S/C18H26N4O2S.HI/c1-14-12-22-17(25-14)8-9-20-18(19-2)21-10-11-24-13-15-6-4-5-7-16(15)23-3;/h4-7,12H,8-11,13H2,1-3H3,(H2,19,20,21);1H. The maximum Gasteiger partial charge on any atom is 0.191 e. The Morgan fingerprint density at radius 1 is 1.23 bits per heavy atom. The van der Waals surface area contributed by atoms with Crippen molar-refractivity contribution in [2.45, 2.75) is 20.0 Å². The highest BCUT2D eigenvalue weighted by Crippen LogP contribution is 2.17. The van der Waals surface area contributed by atoms with E-state index >= 15 is 0 Å². The van der Waals surface area contributed by atoms with Crippen LogP contribution in [0.1, 0.15) is 15.4 Å². The molecule has 1 heterocycles. The predicted molar refractivity (Wildman–Crippen MR) is 118 cm³/mol. The molecular formula is C18H27IN4O2S. The fraction of sp³-hybridized carbons (Fsp3) is 0.444. The van der Waals surface area contributed by atoms with Crippen molar-refractivity contribution in [1.82, 2.24) is 15.6 Å². The molecule has 0 radical (unpaired) electrons. The number of benzene rings is 1. The van der Waals surface area contributed by atoms with Gasteiger partial charge in [-0.05, 0) is 13.0 Å². The maximum atomic E-state index is 5.70. The molecule has 8 heteroatoms. The van der Waals surface area contributed by atoms with Gasteiger partial charge in [-0.2, -0.15) is 0 Å². The van der Waals surface area contributed by atoms with Crippen LogP contribution in [0.5, 0.6) is 5.75 Å². The number of rotatable bonds is 9. The predicted octanol–water partition coefficient (Wildman–Crippen LogP) is 3.00. The summed E-state index contributed by atoms with van der Waals surface area (Å²) >= 11 is 1.73. The number of halogens is 1. The highest BCUT2D eigenvalue weighted by Gasteiger charge is 2.03. The molecule has 0 spiro atoms. The molecule has 2 N–H and O–H groups in total. The lowest BCUT2D eigenvalue weighted by Crippen LogP contribution is -2.39. The van der Waals surface area contributed by atoms with Gasteiger partial charge in [0.2, 0.25) is 0 Å². The third-order valence-electron chi connectivity index (χ3n) is 3.51. The summed E-state index contributed by atoms with van der Waals surface area (Å²) in [4.78, 5) is 9.81. The number of guanidine groups is 1. The summed E-state index contributed by atoms with van der Waals surface area (Å²) in [6, 6.07) is 7.88. The Kier molecular flexibility index (Phi) is 11.2. The van der Waals surface area contributed by atoms with E-state index in [1.807, 2.05) is 30.5 Å². The van der Waals surface area contributed by atoms with E-state index in [4.69, 9.17) is 9.47 Å². The van der Waals surface area contributed by atoms with Gasteiger partial charge in [0.1, 0.15) is 5.75 Å². The zero-order chi connectivity index (χ0) is 17.9. The van der Waals surface area contributed by atoms with Crippen LogP contribution in [0.15, 0.2) is 35.5 Å². The van der Waals surface area contributed by atoms with Crippen LogP contribution >= 0.6 is 35.3 Å². The number of aliphatic imine (C=N–C) groups is 1. The van der Waals surface area contributed by atoms with Crippen LogP contribution < -0.4 is 15.4 Å². The molecule has 0 saturated heterocycles. The van der Waals surface area contributed by atoms with E-state index in [0.717, 1.165) is 35.2 Å². The minimum Gasteiger partial charge on any atom is -0.496 e. The Labute approximate surface area is 176 Å². The van der Waals surface area contributed by atoms with E-state index < -0.39 is 0 Å². The van der Waals surface area contributed by atoms with Gasteiger partial charge in [-0.15, -0.1) is 35.3 Å². The summed E-state index contributed by atoms with van der Waals surface area (Å²) in [5.74, 6) is 1.62. The molecule has 0 amide bonds. The molecule has 0 bridgehead atoms. The van der Waals surface area contributed by atoms with E-state index in [-0.39, 0.29) is 24.0 Å². The zero-order valence-electron chi connectivity index (χ0n) is 15.4. The average molecular weight is 490 g/mol. The number of methoxy groups -OCH3 is 1. The number of nitrogens with zero attached hydrogens (tertiary/aromatic N) is 2. The van der Waals surface area contributed by atoms with Crippen molar-refractivity contribution in [3.63, 3.8) is 0 Å². The molecule has 144 valence electrons. The van der Waals surface area contributed by atoms with Gasteiger partial charge in [0.15, 0.2) is 5.96 Å². The largest absolute Gasteiger partial charge is 0.496 e. The second-order valence-corrected chi connectivity index (χ2v) is 6.72. The zero-order valence-corrected chi connectivity index (χ0v) is 18.6. The van der Waals surface area contributed by atoms with Crippen molar-refractivity contribution in [3.8, 4) is 5.75 Å². The molecule has 6 nitrogen and oxygen atoms in total. The highest BCUT2D eigenvalue weighted by atomic mass is 127. The van der Waals surface area contributed by atoms with Crippen LogP contribution in [0.2, 0.25) is 0 Å². The number of ether oxygens (including phenoxy) is 2. The number of para-hydroxylation sites is 1. The van der Waals surface area contributed by atoms with Gasteiger partial charge in [0.25, 0.3) is 0 Å². The smallest absolute Gasteiger partial charge is 0.191 e. The Morgan fingerprint density at radius 3 is 2.69 bits per heavy atom. The first-order valence-corrected chi connectivity index (χ1v) is 9.10. The first kappa shape index (κ1) is 22.7. The highest BCUT2D eigenvalue weighted by molar-refractivity contribution is 14.0. The molecule has 0 fully saturated rings. The third kappa shape index (κ3) is 7.88. The van der Waals surface area contributed by atoms with Crippen molar-refractivity contribution in [2.24, 2.45) is 4.99 Å².